The van der Waals surface area contributed by atoms with Crippen molar-refractivity contribution in [3.63, 3.8) is 0 Å². The van der Waals surface area contributed by atoms with Crippen LogP contribution < -0.4 is 10.6 Å². The van der Waals surface area contributed by atoms with Gasteiger partial charge in [0.2, 0.25) is 5.91 Å². The number of amides is 2. The van der Waals surface area contributed by atoms with Crippen LogP contribution in [0.15, 0.2) is 33.5 Å². The van der Waals surface area contributed by atoms with Crippen molar-refractivity contribution in [2.45, 2.75) is 26.4 Å². The third kappa shape index (κ3) is 4.70. The molecule has 0 spiro atoms. The van der Waals surface area contributed by atoms with Gasteiger partial charge in [0, 0.05) is 13.2 Å². The van der Waals surface area contributed by atoms with Crippen LogP contribution in [-0.2, 0) is 24.9 Å². The third-order valence-electron chi connectivity index (χ3n) is 3.98. The largest absolute Gasteiger partial charge is 0.467 e. The first kappa shape index (κ1) is 20.7. The van der Waals surface area contributed by atoms with Crippen LogP contribution in [0.25, 0.3) is 0 Å². The minimum absolute atomic E-state index is 0.0130. The van der Waals surface area contributed by atoms with Gasteiger partial charge in [0.25, 0.3) is 12.3 Å². The SMILES string of the molecule is Cc1c(Br)c(C(F)F)nn1CC(=O)Nc1cn(C)nc1C(=O)NCc1ccco1. The summed E-state index contributed by atoms with van der Waals surface area (Å²) in [5, 5.41) is 13.0. The summed E-state index contributed by atoms with van der Waals surface area (Å²) in [6.07, 6.45) is 0.189. The lowest BCUT2D eigenvalue weighted by Gasteiger charge is -2.07. The maximum absolute atomic E-state index is 13.0. The van der Waals surface area contributed by atoms with Crippen molar-refractivity contribution in [1.29, 1.82) is 0 Å². The fourth-order valence-electron chi connectivity index (χ4n) is 2.58. The Morgan fingerprint density at radius 2 is 2.10 bits per heavy atom. The molecule has 0 fully saturated rings. The Balaban J connectivity index is 1.69. The lowest BCUT2D eigenvalue weighted by molar-refractivity contribution is -0.117. The molecule has 154 valence electrons. The number of hydrogen-bond donors (Lipinski definition) is 2. The number of carbonyl (C=O) groups is 2. The van der Waals surface area contributed by atoms with Crippen LogP contribution >= 0.6 is 15.9 Å². The molecule has 0 atom stereocenters. The summed E-state index contributed by atoms with van der Waals surface area (Å²) in [5.74, 6) is -0.485. The summed E-state index contributed by atoms with van der Waals surface area (Å²) in [4.78, 5) is 24.8. The average molecular weight is 471 g/mol. The molecule has 2 amide bonds. The van der Waals surface area contributed by atoms with Crippen molar-refractivity contribution in [2.24, 2.45) is 7.05 Å². The molecular weight excluding hydrogens is 454 g/mol. The lowest BCUT2D eigenvalue weighted by atomic mass is 10.3. The predicted octanol–water partition coefficient (Wildman–Crippen LogP) is 2.79. The summed E-state index contributed by atoms with van der Waals surface area (Å²) in [7, 11) is 1.60. The molecule has 9 nitrogen and oxygen atoms in total. The Morgan fingerprint density at radius 1 is 1.34 bits per heavy atom. The van der Waals surface area contributed by atoms with Crippen LogP contribution in [0, 0.1) is 6.92 Å². The molecule has 0 bridgehead atoms. The number of carbonyl (C=O) groups excluding carboxylic acids is 2. The Morgan fingerprint density at radius 3 is 2.72 bits per heavy atom. The van der Waals surface area contributed by atoms with Crippen molar-refractivity contribution in [3.8, 4) is 0 Å². The second-order valence-corrected chi connectivity index (χ2v) is 6.91. The zero-order valence-corrected chi connectivity index (χ0v) is 17.0. The van der Waals surface area contributed by atoms with Gasteiger partial charge >= 0.3 is 0 Å². The second-order valence-electron chi connectivity index (χ2n) is 6.12. The van der Waals surface area contributed by atoms with Gasteiger partial charge in [-0.3, -0.25) is 19.0 Å². The van der Waals surface area contributed by atoms with E-state index in [1.165, 1.54) is 17.1 Å². The van der Waals surface area contributed by atoms with Gasteiger partial charge in [-0.25, -0.2) is 8.78 Å². The molecule has 0 aliphatic heterocycles. The molecule has 3 rings (SSSR count). The van der Waals surface area contributed by atoms with Gasteiger partial charge in [-0.1, -0.05) is 0 Å². The van der Waals surface area contributed by atoms with Crippen LogP contribution in [0.3, 0.4) is 0 Å². The molecule has 3 heterocycles. The Hall–Kier alpha value is -3.02. The highest BCUT2D eigenvalue weighted by Gasteiger charge is 2.22. The molecule has 3 aromatic rings. The summed E-state index contributed by atoms with van der Waals surface area (Å²) in [6.45, 7) is 1.42. The molecule has 0 aliphatic carbocycles. The first-order valence-electron chi connectivity index (χ1n) is 8.41. The van der Waals surface area contributed by atoms with Crippen molar-refractivity contribution in [2.75, 3.05) is 5.32 Å². The van der Waals surface area contributed by atoms with Gasteiger partial charge in [-0.15, -0.1) is 0 Å². The van der Waals surface area contributed by atoms with Gasteiger partial charge < -0.3 is 15.1 Å². The van der Waals surface area contributed by atoms with Crippen molar-refractivity contribution in [1.82, 2.24) is 24.9 Å². The molecular formula is C17H17BrF2N6O3. The molecule has 0 aromatic carbocycles. The van der Waals surface area contributed by atoms with Crippen molar-refractivity contribution < 1.29 is 22.8 Å². The van der Waals surface area contributed by atoms with Crippen LogP contribution in [0.2, 0.25) is 0 Å². The van der Waals surface area contributed by atoms with Crippen LogP contribution in [0.5, 0.6) is 0 Å². The molecule has 29 heavy (non-hydrogen) atoms. The van der Waals surface area contributed by atoms with E-state index < -0.39 is 23.9 Å². The quantitative estimate of drug-likeness (QED) is 0.551. The maximum atomic E-state index is 13.0. The topological polar surface area (TPSA) is 107 Å². The number of aryl methyl sites for hydroxylation is 1. The summed E-state index contributed by atoms with van der Waals surface area (Å²) in [5.41, 5.74) is 0.152. The normalized spacial score (nSPS) is 11.1. The highest BCUT2D eigenvalue weighted by Crippen LogP contribution is 2.29. The highest BCUT2D eigenvalue weighted by atomic mass is 79.9. The average Bonchev–Trinajstić information content (AvgIpc) is 3.36. The first-order chi connectivity index (χ1) is 13.8. The molecule has 12 heteroatoms. The van der Waals surface area contributed by atoms with Gasteiger partial charge in [-0.2, -0.15) is 10.2 Å². The summed E-state index contributed by atoms with van der Waals surface area (Å²) in [6, 6.07) is 3.41. The molecule has 0 radical (unpaired) electrons. The number of nitrogens with one attached hydrogen (secondary N) is 2. The van der Waals surface area contributed by atoms with Gasteiger partial charge in [0.15, 0.2) is 5.69 Å². The van der Waals surface area contributed by atoms with E-state index in [0.717, 1.165) is 4.68 Å². The minimum atomic E-state index is -2.77. The molecule has 3 aromatic heterocycles. The second kappa shape index (κ2) is 8.55. The standard InChI is InChI=1S/C17H17BrF2N6O3/c1-9-13(18)15(16(19)20)24-26(9)8-12(27)22-11-7-25(2)23-14(11)17(28)21-6-10-4-3-5-29-10/h3-5,7,16H,6,8H2,1-2H3,(H,21,28)(H,22,27). The third-order valence-corrected chi connectivity index (χ3v) is 4.96. The predicted molar refractivity (Wildman–Crippen MR) is 101 cm³/mol. The van der Waals surface area contributed by atoms with Gasteiger partial charge in [0.1, 0.15) is 18.0 Å². The van der Waals surface area contributed by atoms with E-state index in [-0.39, 0.29) is 28.9 Å². The smallest absolute Gasteiger partial charge is 0.283 e. The molecule has 0 unspecified atom stereocenters. The van der Waals surface area contributed by atoms with E-state index >= 15 is 0 Å². The summed E-state index contributed by atoms with van der Waals surface area (Å²) < 4.78 is 33.8. The number of rotatable bonds is 7. The van der Waals surface area contributed by atoms with Crippen molar-refractivity contribution >= 4 is 33.4 Å². The summed E-state index contributed by atoms with van der Waals surface area (Å²) >= 11 is 3.06. The number of hydrogen-bond acceptors (Lipinski definition) is 5. The lowest BCUT2D eigenvalue weighted by Crippen LogP contribution is -2.26. The Bertz CT molecular complexity index is 1030. The van der Waals surface area contributed by atoms with E-state index in [1.54, 1.807) is 26.1 Å². The number of alkyl halides is 2. The number of halogens is 3. The van der Waals surface area contributed by atoms with Crippen LogP contribution in [0.1, 0.15) is 34.1 Å². The number of anilines is 1. The Kier molecular flexibility index (Phi) is 6.11. The van der Waals surface area contributed by atoms with Crippen LogP contribution in [0.4, 0.5) is 14.5 Å². The fraction of sp³-hybridized carbons (Fsp3) is 0.294. The molecule has 2 N–H and O–H groups in total. The van der Waals surface area contributed by atoms with Gasteiger partial charge in [-0.05, 0) is 35.0 Å². The molecule has 0 aliphatic rings. The molecule has 0 saturated heterocycles. The van der Waals surface area contributed by atoms with E-state index in [0.29, 0.717) is 11.5 Å². The fourth-order valence-corrected chi connectivity index (χ4v) is 3.04. The Labute approximate surface area is 172 Å². The van der Waals surface area contributed by atoms with E-state index in [1.807, 2.05) is 0 Å². The minimum Gasteiger partial charge on any atom is -0.467 e. The zero-order chi connectivity index (χ0) is 21.1. The zero-order valence-electron chi connectivity index (χ0n) is 15.4. The van der Waals surface area contributed by atoms with E-state index in [2.05, 4.69) is 36.8 Å². The van der Waals surface area contributed by atoms with Crippen LogP contribution in [-0.4, -0.2) is 31.4 Å². The number of aromatic nitrogens is 4. The number of nitrogens with zero attached hydrogens (tertiary/aromatic N) is 4. The highest BCUT2D eigenvalue weighted by molar-refractivity contribution is 9.10. The first-order valence-corrected chi connectivity index (χ1v) is 9.20. The van der Waals surface area contributed by atoms with E-state index in [9.17, 15) is 18.4 Å². The van der Waals surface area contributed by atoms with Crippen molar-refractivity contribution in [3.05, 3.63) is 51.9 Å². The monoisotopic (exact) mass is 470 g/mol. The van der Waals surface area contributed by atoms with E-state index in [4.69, 9.17) is 4.42 Å². The molecule has 0 saturated carbocycles. The number of furan rings is 1. The maximum Gasteiger partial charge on any atom is 0.283 e. The van der Waals surface area contributed by atoms with Gasteiger partial charge in [0.05, 0.1) is 28.7 Å².